The number of allylic oxidation sites excluding steroid dienone is 1. The van der Waals surface area contributed by atoms with E-state index in [4.69, 9.17) is 25.7 Å². The molecule has 43 heavy (non-hydrogen) atoms. The number of amides is 1. The van der Waals surface area contributed by atoms with Crippen LogP contribution in [-0.4, -0.2) is 133 Å². The second kappa shape index (κ2) is 15.7. The Kier molecular flexibility index (Phi) is 12.6. The van der Waals surface area contributed by atoms with Gasteiger partial charge in [0.1, 0.15) is 35.8 Å². The fourth-order valence-corrected chi connectivity index (χ4v) is 6.98. The summed E-state index contributed by atoms with van der Waals surface area (Å²) in [4.78, 5) is 12.8. The van der Waals surface area contributed by atoms with Gasteiger partial charge in [0.05, 0.1) is 31.3 Å². The van der Waals surface area contributed by atoms with Crippen LogP contribution < -0.4 is 32.7 Å². The lowest BCUT2D eigenvalue weighted by Gasteiger charge is -2.50. The van der Waals surface area contributed by atoms with Gasteiger partial charge in [-0.2, -0.15) is 0 Å². The standard InChI is InChI=1S/C29H54N6O8/c1-29(40)15-41-28(24(38)26(29)32-2)43-25-19(35-27(39)20(36)6-9-30)12-18(31)22(23(25)37)21-5-3-4-17(42-21)14-34-13-16-7-10-33-11-8-16/h4,16,18-26,28,32-34,36-38,40H,3,5-15,30-31H2,1-2H3,(H,35,39)/t18-,19+,20+,21-,22?,23-,24+,25-,26+,28+,29-/m0/s1. The highest BCUT2D eigenvalue weighted by Crippen LogP contribution is 2.36. The number of rotatable bonds is 12. The zero-order valence-electron chi connectivity index (χ0n) is 25.5. The van der Waals surface area contributed by atoms with E-state index in [1.165, 1.54) is 0 Å². The molecule has 14 heteroatoms. The van der Waals surface area contributed by atoms with E-state index < -0.39 is 66.3 Å². The summed E-state index contributed by atoms with van der Waals surface area (Å²) in [6.07, 6.45) is -0.360. The highest BCUT2D eigenvalue weighted by Gasteiger charge is 2.52. The summed E-state index contributed by atoms with van der Waals surface area (Å²) in [5.74, 6) is 0.255. The maximum atomic E-state index is 12.8. The first kappa shape index (κ1) is 34.4. The largest absolute Gasteiger partial charge is 0.493 e. The van der Waals surface area contributed by atoms with Crippen molar-refractivity contribution in [2.75, 3.05) is 46.4 Å². The van der Waals surface area contributed by atoms with Gasteiger partial charge in [0.25, 0.3) is 0 Å². The Morgan fingerprint density at radius 2 is 2.00 bits per heavy atom. The van der Waals surface area contributed by atoms with E-state index in [1.54, 1.807) is 14.0 Å². The van der Waals surface area contributed by atoms with Crippen LogP contribution in [0.25, 0.3) is 0 Å². The van der Waals surface area contributed by atoms with Crippen molar-refractivity contribution in [3.63, 3.8) is 0 Å². The van der Waals surface area contributed by atoms with Crippen molar-refractivity contribution >= 4 is 5.91 Å². The fraction of sp³-hybridized carbons (Fsp3) is 0.897. The molecule has 12 N–H and O–H groups in total. The molecule has 3 aliphatic heterocycles. The minimum Gasteiger partial charge on any atom is -0.493 e. The second-order valence-electron chi connectivity index (χ2n) is 12.8. The normalized spacial score (nSPS) is 39.9. The molecule has 0 radical (unpaired) electrons. The summed E-state index contributed by atoms with van der Waals surface area (Å²) in [6, 6.07) is -2.12. The van der Waals surface area contributed by atoms with Crippen molar-refractivity contribution in [3.8, 4) is 0 Å². The van der Waals surface area contributed by atoms with Crippen LogP contribution in [0.1, 0.15) is 45.4 Å². The van der Waals surface area contributed by atoms with E-state index in [0.717, 1.165) is 44.7 Å². The number of aliphatic hydroxyl groups is 4. The number of carbonyl (C=O) groups is 1. The summed E-state index contributed by atoms with van der Waals surface area (Å²) in [5.41, 5.74) is 10.8. The van der Waals surface area contributed by atoms with Gasteiger partial charge >= 0.3 is 0 Å². The van der Waals surface area contributed by atoms with Crippen LogP contribution in [0.5, 0.6) is 0 Å². The third kappa shape index (κ3) is 8.64. The first-order chi connectivity index (χ1) is 20.6. The van der Waals surface area contributed by atoms with E-state index in [0.29, 0.717) is 18.9 Å². The lowest BCUT2D eigenvalue weighted by molar-refractivity contribution is -0.297. The van der Waals surface area contributed by atoms with Crippen LogP contribution in [0.4, 0.5) is 0 Å². The van der Waals surface area contributed by atoms with Crippen LogP contribution in [0.15, 0.2) is 11.8 Å². The molecule has 11 atom stereocenters. The number of piperidine rings is 1. The molecule has 1 unspecified atom stereocenters. The predicted molar refractivity (Wildman–Crippen MR) is 158 cm³/mol. The van der Waals surface area contributed by atoms with Crippen molar-refractivity contribution < 1.29 is 39.4 Å². The first-order valence-electron chi connectivity index (χ1n) is 15.8. The average molecular weight is 615 g/mol. The third-order valence-electron chi connectivity index (χ3n) is 9.40. The number of nitrogens with one attached hydrogen (secondary N) is 4. The average Bonchev–Trinajstić information content (AvgIpc) is 2.97. The Hall–Kier alpha value is -1.43. The Balaban J connectivity index is 1.46. The smallest absolute Gasteiger partial charge is 0.249 e. The highest BCUT2D eigenvalue weighted by molar-refractivity contribution is 5.80. The minimum absolute atomic E-state index is 0.0708. The van der Waals surface area contributed by atoms with E-state index in [-0.39, 0.29) is 32.1 Å². The summed E-state index contributed by atoms with van der Waals surface area (Å²) < 4.78 is 18.3. The molecule has 3 heterocycles. The molecule has 3 fully saturated rings. The van der Waals surface area contributed by atoms with Gasteiger partial charge in [0.15, 0.2) is 6.29 Å². The molecule has 0 aromatic carbocycles. The number of aliphatic hydroxyl groups excluding tert-OH is 3. The van der Waals surface area contributed by atoms with E-state index in [1.807, 2.05) is 0 Å². The molecule has 1 saturated carbocycles. The lowest BCUT2D eigenvalue weighted by atomic mass is 9.73. The molecule has 248 valence electrons. The van der Waals surface area contributed by atoms with Crippen molar-refractivity contribution in [2.24, 2.45) is 23.3 Å². The Morgan fingerprint density at radius 3 is 2.70 bits per heavy atom. The van der Waals surface area contributed by atoms with Gasteiger partial charge < -0.3 is 67.4 Å². The topological polar surface area (TPSA) is 226 Å². The molecule has 0 aromatic heterocycles. The number of hydrogen-bond acceptors (Lipinski definition) is 13. The van der Waals surface area contributed by atoms with Crippen molar-refractivity contribution in [2.45, 2.75) is 106 Å². The van der Waals surface area contributed by atoms with Crippen LogP contribution in [-0.2, 0) is 19.0 Å². The summed E-state index contributed by atoms with van der Waals surface area (Å²) in [5, 5.41) is 56.3. The molecular formula is C29H54N6O8. The second-order valence-corrected chi connectivity index (χ2v) is 12.8. The van der Waals surface area contributed by atoms with Gasteiger partial charge in [-0.1, -0.05) is 0 Å². The molecular weight excluding hydrogens is 560 g/mol. The number of hydrogen-bond donors (Lipinski definition) is 10. The van der Waals surface area contributed by atoms with Crippen LogP contribution >= 0.6 is 0 Å². The van der Waals surface area contributed by atoms with E-state index in [9.17, 15) is 25.2 Å². The highest BCUT2D eigenvalue weighted by atomic mass is 16.7. The van der Waals surface area contributed by atoms with Gasteiger partial charge in [0.2, 0.25) is 5.91 Å². The zero-order valence-corrected chi connectivity index (χ0v) is 25.5. The van der Waals surface area contributed by atoms with Gasteiger partial charge in [-0.15, -0.1) is 0 Å². The quantitative estimate of drug-likeness (QED) is 0.106. The fourth-order valence-electron chi connectivity index (χ4n) is 6.98. The summed E-state index contributed by atoms with van der Waals surface area (Å²) in [7, 11) is 1.61. The van der Waals surface area contributed by atoms with Crippen LogP contribution in [0.3, 0.4) is 0 Å². The molecule has 2 saturated heterocycles. The van der Waals surface area contributed by atoms with Gasteiger partial charge in [0, 0.05) is 12.0 Å². The molecule has 4 aliphatic rings. The molecule has 1 aliphatic carbocycles. The number of nitrogens with two attached hydrogens (primary N) is 2. The van der Waals surface area contributed by atoms with Crippen LogP contribution in [0.2, 0.25) is 0 Å². The van der Waals surface area contributed by atoms with E-state index in [2.05, 4.69) is 27.3 Å². The molecule has 0 bridgehead atoms. The maximum absolute atomic E-state index is 12.8. The first-order valence-corrected chi connectivity index (χ1v) is 15.8. The summed E-state index contributed by atoms with van der Waals surface area (Å²) in [6.45, 7) is 5.13. The maximum Gasteiger partial charge on any atom is 0.249 e. The molecule has 1 amide bonds. The van der Waals surface area contributed by atoms with Crippen molar-refractivity contribution in [1.29, 1.82) is 0 Å². The Labute approximate surface area is 254 Å². The molecule has 4 rings (SSSR count). The van der Waals surface area contributed by atoms with Gasteiger partial charge in [-0.25, -0.2) is 0 Å². The SMILES string of the molecule is CN[C@@H]1[C@@H](O)[C@@H](O[C@H]2[C@H](NC(=O)[C@H](O)CCN)C[C@H](N)C([C@@H]3CCC=C(CNCC4CCNCC4)O3)[C@@H]2O)OC[C@]1(C)O. The Bertz CT molecular complexity index is 921. The monoisotopic (exact) mass is 614 g/mol. The number of carbonyl (C=O) groups excluding carboxylic acids is 1. The van der Waals surface area contributed by atoms with Gasteiger partial charge in [-0.05, 0) is 90.7 Å². The predicted octanol–water partition coefficient (Wildman–Crippen LogP) is -3.02. The summed E-state index contributed by atoms with van der Waals surface area (Å²) >= 11 is 0. The van der Waals surface area contributed by atoms with Crippen molar-refractivity contribution in [3.05, 3.63) is 11.8 Å². The molecule has 0 spiro atoms. The molecule has 0 aromatic rings. The van der Waals surface area contributed by atoms with E-state index >= 15 is 0 Å². The van der Waals surface area contributed by atoms with Crippen molar-refractivity contribution in [1.82, 2.24) is 21.3 Å². The third-order valence-corrected chi connectivity index (χ3v) is 9.40. The van der Waals surface area contributed by atoms with Gasteiger partial charge in [-0.3, -0.25) is 4.79 Å². The zero-order chi connectivity index (χ0) is 31.1. The Morgan fingerprint density at radius 1 is 1.26 bits per heavy atom. The molecule has 14 nitrogen and oxygen atoms in total. The minimum atomic E-state index is -1.36. The number of likely N-dealkylation sites (N-methyl/N-ethyl adjacent to an activating group) is 1. The number of ether oxygens (including phenoxy) is 3. The van der Waals surface area contributed by atoms with Crippen LogP contribution in [0, 0.1) is 11.8 Å². The lowest BCUT2D eigenvalue weighted by Crippen LogP contribution is -2.69.